The summed E-state index contributed by atoms with van der Waals surface area (Å²) in [6.45, 7) is 7.53. The van der Waals surface area contributed by atoms with Gasteiger partial charge in [0.1, 0.15) is 5.82 Å². The summed E-state index contributed by atoms with van der Waals surface area (Å²) in [6.07, 6.45) is 4.07. The summed E-state index contributed by atoms with van der Waals surface area (Å²) >= 11 is 1.76. The van der Waals surface area contributed by atoms with E-state index in [0.717, 1.165) is 30.9 Å². The van der Waals surface area contributed by atoms with Gasteiger partial charge in [-0.25, -0.2) is 4.98 Å². The number of thiophene rings is 1. The van der Waals surface area contributed by atoms with Crippen LogP contribution in [0.3, 0.4) is 0 Å². The highest BCUT2D eigenvalue weighted by Gasteiger charge is 2.07. The van der Waals surface area contributed by atoms with Crippen molar-refractivity contribution in [2.75, 3.05) is 6.54 Å². The highest BCUT2D eigenvalue weighted by Crippen LogP contribution is 2.27. The van der Waals surface area contributed by atoms with Crippen LogP contribution in [0.2, 0.25) is 0 Å². The topological polar surface area (TPSA) is 40.7 Å². The van der Waals surface area contributed by atoms with Gasteiger partial charge in [0.05, 0.1) is 16.8 Å². The van der Waals surface area contributed by atoms with Crippen molar-refractivity contribution in [1.29, 1.82) is 0 Å². The van der Waals surface area contributed by atoms with E-state index in [2.05, 4.69) is 47.5 Å². The lowest BCUT2D eigenvalue weighted by Gasteiger charge is -2.06. The van der Waals surface area contributed by atoms with Crippen LogP contribution in [0.15, 0.2) is 17.6 Å². The van der Waals surface area contributed by atoms with E-state index >= 15 is 0 Å². The normalized spacial score (nSPS) is 11.3. The minimum absolute atomic E-state index is 0.561. The van der Waals surface area contributed by atoms with E-state index in [9.17, 15) is 0 Å². The Balaban J connectivity index is 1.89. The van der Waals surface area contributed by atoms with Gasteiger partial charge in [0.2, 0.25) is 0 Å². The van der Waals surface area contributed by atoms with Crippen molar-refractivity contribution in [3.05, 3.63) is 29.0 Å². The van der Waals surface area contributed by atoms with E-state index in [1.54, 1.807) is 11.3 Å². The molecule has 2 aromatic heterocycles. The second kappa shape index (κ2) is 6.16. The molecular formula is C14H21N3S. The SMILES string of the molecule is Cc1ccsc1-c1cnc(CCCNC(C)C)[nH]1. The minimum Gasteiger partial charge on any atom is -0.341 e. The number of nitrogens with one attached hydrogen (secondary N) is 2. The fraction of sp³-hybridized carbons (Fsp3) is 0.500. The van der Waals surface area contributed by atoms with Crippen LogP contribution in [-0.4, -0.2) is 22.6 Å². The molecule has 2 rings (SSSR count). The van der Waals surface area contributed by atoms with Gasteiger partial charge in [-0.1, -0.05) is 13.8 Å². The number of nitrogens with zero attached hydrogens (tertiary/aromatic N) is 1. The molecule has 3 nitrogen and oxygen atoms in total. The Labute approximate surface area is 113 Å². The fourth-order valence-electron chi connectivity index (χ4n) is 1.90. The summed E-state index contributed by atoms with van der Waals surface area (Å²) in [5, 5.41) is 5.54. The summed E-state index contributed by atoms with van der Waals surface area (Å²) < 4.78 is 0. The van der Waals surface area contributed by atoms with Crippen LogP contribution in [0.25, 0.3) is 10.6 Å². The van der Waals surface area contributed by atoms with Crippen LogP contribution >= 0.6 is 11.3 Å². The molecule has 0 atom stereocenters. The molecule has 0 radical (unpaired) electrons. The van der Waals surface area contributed by atoms with Gasteiger partial charge >= 0.3 is 0 Å². The van der Waals surface area contributed by atoms with E-state index in [4.69, 9.17) is 0 Å². The second-order valence-corrected chi connectivity index (χ2v) is 5.80. The van der Waals surface area contributed by atoms with Crippen molar-refractivity contribution in [2.45, 2.75) is 39.7 Å². The molecule has 0 saturated carbocycles. The summed E-state index contributed by atoms with van der Waals surface area (Å²) in [6, 6.07) is 2.71. The maximum atomic E-state index is 4.45. The Bertz CT molecular complexity index is 485. The van der Waals surface area contributed by atoms with Crippen LogP contribution < -0.4 is 5.32 Å². The standard InChI is InChI=1S/C14H21N3S/c1-10(2)15-7-4-5-13-16-9-12(17-13)14-11(3)6-8-18-14/h6,8-10,15H,4-5,7H2,1-3H3,(H,16,17). The molecule has 2 N–H and O–H groups in total. The maximum Gasteiger partial charge on any atom is 0.106 e. The molecular weight excluding hydrogens is 242 g/mol. The van der Waals surface area contributed by atoms with Gasteiger partial charge in [-0.05, 0) is 36.9 Å². The van der Waals surface area contributed by atoms with Gasteiger partial charge in [-0.3, -0.25) is 0 Å². The third kappa shape index (κ3) is 3.43. The van der Waals surface area contributed by atoms with Gasteiger partial charge in [0.25, 0.3) is 0 Å². The number of hydrogen-bond donors (Lipinski definition) is 2. The Morgan fingerprint density at radius 2 is 2.28 bits per heavy atom. The zero-order valence-corrected chi connectivity index (χ0v) is 12.1. The lowest BCUT2D eigenvalue weighted by molar-refractivity contribution is 0.567. The van der Waals surface area contributed by atoms with Crippen molar-refractivity contribution in [2.24, 2.45) is 0 Å². The van der Waals surface area contributed by atoms with Gasteiger partial charge < -0.3 is 10.3 Å². The van der Waals surface area contributed by atoms with Crippen molar-refractivity contribution < 1.29 is 0 Å². The highest BCUT2D eigenvalue weighted by atomic mass is 32.1. The Kier molecular flexibility index (Phi) is 4.55. The summed E-state index contributed by atoms with van der Waals surface area (Å²) in [5.41, 5.74) is 2.46. The summed E-state index contributed by atoms with van der Waals surface area (Å²) in [7, 11) is 0. The molecule has 18 heavy (non-hydrogen) atoms. The molecule has 98 valence electrons. The van der Waals surface area contributed by atoms with Crippen LogP contribution in [0.4, 0.5) is 0 Å². The van der Waals surface area contributed by atoms with Crippen LogP contribution in [0, 0.1) is 6.92 Å². The first-order valence-corrected chi connectivity index (χ1v) is 7.36. The minimum atomic E-state index is 0.561. The Hall–Kier alpha value is -1.13. The van der Waals surface area contributed by atoms with Crippen LogP contribution in [-0.2, 0) is 6.42 Å². The number of hydrogen-bond acceptors (Lipinski definition) is 3. The second-order valence-electron chi connectivity index (χ2n) is 4.89. The molecule has 2 heterocycles. The van der Waals surface area contributed by atoms with E-state index in [1.807, 2.05) is 6.20 Å². The van der Waals surface area contributed by atoms with Crippen molar-refractivity contribution in [1.82, 2.24) is 15.3 Å². The quantitative estimate of drug-likeness (QED) is 0.784. The van der Waals surface area contributed by atoms with Gasteiger partial charge in [0.15, 0.2) is 0 Å². The zero-order chi connectivity index (χ0) is 13.0. The van der Waals surface area contributed by atoms with Gasteiger partial charge in [-0.2, -0.15) is 0 Å². The first-order chi connectivity index (χ1) is 8.66. The van der Waals surface area contributed by atoms with E-state index in [0.29, 0.717) is 6.04 Å². The molecule has 0 aliphatic rings. The number of aromatic nitrogens is 2. The Morgan fingerprint density at radius 3 is 2.94 bits per heavy atom. The molecule has 0 bridgehead atoms. The zero-order valence-electron chi connectivity index (χ0n) is 11.3. The number of H-pyrrole nitrogens is 1. The number of imidazole rings is 1. The highest BCUT2D eigenvalue weighted by molar-refractivity contribution is 7.13. The van der Waals surface area contributed by atoms with E-state index in [-0.39, 0.29) is 0 Å². The van der Waals surface area contributed by atoms with Crippen LogP contribution in [0.5, 0.6) is 0 Å². The molecule has 0 aliphatic heterocycles. The largest absolute Gasteiger partial charge is 0.341 e. The van der Waals surface area contributed by atoms with Gasteiger partial charge in [-0.15, -0.1) is 11.3 Å². The molecule has 0 spiro atoms. The van der Waals surface area contributed by atoms with Gasteiger partial charge in [0, 0.05) is 12.5 Å². The molecule has 0 fully saturated rings. The number of aromatic amines is 1. The third-order valence-corrected chi connectivity index (χ3v) is 3.93. The fourth-order valence-corrected chi connectivity index (χ4v) is 2.79. The van der Waals surface area contributed by atoms with E-state index < -0.39 is 0 Å². The average molecular weight is 263 g/mol. The maximum absolute atomic E-state index is 4.45. The summed E-state index contributed by atoms with van der Waals surface area (Å²) in [5.74, 6) is 1.09. The van der Waals surface area contributed by atoms with E-state index in [1.165, 1.54) is 10.4 Å². The molecule has 0 unspecified atom stereocenters. The van der Waals surface area contributed by atoms with Crippen molar-refractivity contribution >= 4 is 11.3 Å². The van der Waals surface area contributed by atoms with Crippen LogP contribution in [0.1, 0.15) is 31.7 Å². The summed E-state index contributed by atoms with van der Waals surface area (Å²) in [4.78, 5) is 9.17. The molecule has 4 heteroatoms. The monoisotopic (exact) mass is 263 g/mol. The van der Waals surface area contributed by atoms with Crippen molar-refractivity contribution in [3.63, 3.8) is 0 Å². The molecule has 0 aliphatic carbocycles. The molecule has 0 amide bonds. The average Bonchev–Trinajstić information content (AvgIpc) is 2.92. The lowest BCUT2D eigenvalue weighted by atomic mass is 10.2. The smallest absolute Gasteiger partial charge is 0.106 e. The predicted octanol–water partition coefficient (Wildman–Crippen LogP) is 3.38. The predicted molar refractivity (Wildman–Crippen MR) is 78.1 cm³/mol. The third-order valence-electron chi connectivity index (χ3n) is 2.88. The first kappa shape index (κ1) is 13.3. The first-order valence-electron chi connectivity index (χ1n) is 6.48. The Morgan fingerprint density at radius 1 is 1.44 bits per heavy atom. The van der Waals surface area contributed by atoms with Crippen molar-refractivity contribution in [3.8, 4) is 10.6 Å². The molecule has 2 aromatic rings. The lowest BCUT2D eigenvalue weighted by Crippen LogP contribution is -2.24. The molecule has 0 aromatic carbocycles. The number of aryl methyl sites for hydroxylation is 2. The molecule has 0 saturated heterocycles. The number of rotatable bonds is 6.